The second-order valence-corrected chi connectivity index (χ2v) is 6.51. The van der Waals surface area contributed by atoms with Crippen molar-refractivity contribution in [2.45, 2.75) is 32.4 Å². The first-order valence-electron chi connectivity index (χ1n) is 7.83. The van der Waals surface area contributed by atoms with Crippen LogP contribution in [0.1, 0.15) is 31.0 Å². The monoisotopic (exact) mass is 305 g/mol. The minimum Gasteiger partial charge on any atom is -0.379 e. The van der Waals surface area contributed by atoms with Crippen molar-refractivity contribution in [2.75, 3.05) is 32.8 Å². The van der Waals surface area contributed by atoms with Crippen molar-refractivity contribution in [1.29, 1.82) is 0 Å². The Bertz CT molecular complexity index is 488. The van der Waals surface area contributed by atoms with E-state index in [0.717, 1.165) is 26.3 Å². The van der Waals surface area contributed by atoms with Crippen LogP contribution in [0, 0.1) is 6.92 Å². The molecule has 0 aromatic heterocycles. The van der Waals surface area contributed by atoms with E-state index in [1.165, 1.54) is 11.1 Å². The van der Waals surface area contributed by atoms with Crippen LogP contribution in [0.5, 0.6) is 0 Å². The molecule has 1 aromatic rings. The molecule has 1 amide bonds. The highest BCUT2D eigenvalue weighted by Gasteiger charge is 2.26. The molecular weight excluding hydrogens is 278 g/mol. The number of ether oxygens (including phenoxy) is 1. The summed E-state index contributed by atoms with van der Waals surface area (Å²) in [6, 6.07) is 8.63. The maximum Gasteiger partial charge on any atom is 0.239 e. The van der Waals surface area contributed by atoms with E-state index in [0.29, 0.717) is 6.54 Å². The summed E-state index contributed by atoms with van der Waals surface area (Å²) in [4.78, 5) is 14.4. The number of nitrogens with two attached hydrogens (primary N) is 1. The zero-order valence-corrected chi connectivity index (χ0v) is 13.8. The number of nitrogens with zero attached hydrogens (tertiary/aromatic N) is 1. The van der Waals surface area contributed by atoms with Crippen molar-refractivity contribution >= 4 is 5.91 Å². The van der Waals surface area contributed by atoms with Crippen molar-refractivity contribution in [3.8, 4) is 0 Å². The first-order chi connectivity index (χ1) is 10.4. The molecule has 0 spiro atoms. The predicted molar refractivity (Wildman–Crippen MR) is 87.6 cm³/mol. The number of hydrogen-bond acceptors (Lipinski definition) is 4. The van der Waals surface area contributed by atoms with Gasteiger partial charge in [-0.3, -0.25) is 9.69 Å². The molecule has 1 atom stereocenters. The average molecular weight is 305 g/mol. The third-order valence-corrected chi connectivity index (χ3v) is 3.99. The lowest BCUT2D eigenvalue weighted by Gasteiger charge is -2.35. The number of morpholine rings is 1. The summed E-state index contributed by atoms with van der Waals surface area (Å²) in [6.45, 7) is 9.29. The molecule has 0 bridgehead atoms. The molecule has 1 aromatic carbocycles. The van der Waals surface area contributed by atoms with Gasteiger partial charge in [0.05, 0.1) is 24.8 Å². The zero-order chi connectivity index (χ0) is 16.2. The molecule has 1 heterocycles. The van der Waals surface area contributed by atoms with Gasteiger partial charge in [0.25, 0.3) is 0 Å². The van der Waals surface area contributed by atoms with Gasteiger partial charge >= 0.3 is 0 Å². The van der Waals surface area contributed by atoms with E-state index < -0.39 is 5.54 Å². The van der Waals surface area contributed by atoms with E-state index in [1.54, 1.807) is 13.8 Å². The third-order valence-electron chi connectivity index (χ3n) is 3.99. The number of carbonyl (C=O) groups is 1. The Morgan fingerprint density at radius 2 is 1.91 bits per heavy atom. The van der Waals surface area contributed by atoms with Gasteiger partial charge in [-0.1, -0.05) is 29.8 Å². The van der Waals surface area contributed by atoms with Crippen molar-refractivity contribution in [1.82, 2.24) is 10.2 Å². The molecule has 5 nitrogen and oxygen atoms in total. The van der Waals surface area contributed by atoms with Gasteiger partial charge in [0.2, 0.25) is 5.91 Å². The number of hydrogen-bond donors (Lipinski definition) is 2. The number of amides is 1. The summed E-state index contributed by atoms with van der Waals surface area (Å²) in [7, 11) is 0. The van der Waals surface area contributed by atoms with Crippen LogP contribution in [0.4, 0.5) is 0 Å². The SMILES string of the molecule is Cc1ccc(C(CNC(=O)C(C)(C)N)N2CCOCC2)cc1. The Morgan fingerprint density at radius 1 is 1.32 bits per heavy atom. The lowest BCUT2D eigenvalue weighted by Crippen LogP contribution is -2.51. The zero-order valence-electron chi connectivity index (χ0n) is 13.8. The van der Waals surface area contributed by atoms with Gasteiger partial charge in [-0.05, 0) is 26.3 Å². The van der Waals surface area contributed by atoms with Crippen LogP contribution >= 0.6 is 0 Å². The predicted octanol–water partition coefficient (Wildman–Crippen LogP) is 1.22. The average Bonchev–Trinajstić information content (AvgIpc) is 2.49. The quantitative estimate of drug-likeness (QED) is 0.858. The highest BCUT2D eigenvalue weighted by atomic mass is 16.5. The van der Waals surface area contributed by atoms with Gasteiger partial charge in [0.15, 0.2) is 0 Å². The Kier molecular flexibility index (Phi) is 5.56. The third kappa shape index (κ3) is 4.53. The second-order valence-electron chi connectivity index (χ2n) is 6.51. The fraction of sp³-hybridized carbons (Fsp3) is 0.588. The number of carbonyl (C=O) groups excluding carboxylic acids is 1. The molecular formula is C17H27N3O2. The molecule has 2 rings (SSSR count). The molecule has 1 fully saturated rings. The minimum absolute atomic E-state index is 0.127. The van der Waals surface area contributed by atoms with Crippen molar-refractivity contribution < 1.29 is 9.53 Å². The molecule has 22 heavy (non-hydrogen) atoms. The van der Waals surface area contributed by atoms with Crippen LogP contribution in [0.3, 0.4) is 0 Å². The van der Waals surface area contributed by atoms with Gasteiger partial charge in [-0.15, -0.1) is 0 Å². The maximum atomic E-state index is 12.1. The summed E-state index contributed by atoms with van der Waals surface area (Å²) in [5.74, 6) is -0.127. The van der Waals surface area contributed by atoms with E-state index in [9.17, 15) is 4.79 Å². The number of rotatable bonds is 5. The molecule has 122 valence electrons. The van der Waals surface area contributed by atoms with Crippen LogP contribution < -0.4 is 11.1 Å². The van der Waals surface area contributed by atoms with Crippen molar-refractivity contribution in [2.24, 2.45) is 5.73 Å². The number of aryl methyl sites for hydroxylation is 1. The first kappa shape index (κ1) is 16.9. The van der Waals surface area contributed by atoms with Gasteiger partial charge in [0.1, 0.15) is 0 Å². The molecule has 5 heteroatoms. The van der Waals surface area contributed by atoms with Gasteiger partial charge < -0.3 is 15.8 Å². The van der Waals surface area contributed by atoms with Crippen LogP contribution in [-0.2, 0) is 9.53 Å². The molecule has 1 aliphatic heterocycles. The smallest absolute Gasteiger partial charge is 0.239 e. The molecule has 0 saturated carbocycles. The van der Waals surface area contributed by atoms with Crippen LogP contribution in [-0.4, -0.2) is 49.2 Å². The Labute approximate surface area is 132 Å². The minimum atomic E-state index is -0.858. The van der Waals surface area contributed by atoms with Crippen molar-refractivity contribution in [3.05, 3.63) is 35.4 Å². The van der Waals surface area contributed by atoms with Gasteiger partial charge in [0, 0.05) is 19.6 Å². The van der Waals surface area contributed by atoms with Crippen molar-refractivity contribution in [3.63, 3.8) is 0 Å². The lowest BCUT2D eigenvalue weighted by molar-refractivity contribution is -0.125. The summed E-state index contributed by atoms with van der Waals surface area (Å²) in [6.07, 6.45) is 0. The number of nitrogens with one attached hydrogen (secondary N) is 1. The Hall–Kier alpha value is -1.43. The Morgan fingerprint density at radius 3 is 2.45 bits per heavy atom. The molecule has 1 saturated heterocycles. The fourth-order valence-corrected chi connectivity index (χ4v) is 2.55. The van der Waals surface area contributed by atoms with E-state index >= 15 is 0 Å². The molecule has 3 N–H and O–H groups in total. The maximum absolute atomic E-state index is 12.1. The van der Waals surface area contributed by atoms with E-state index in [-0.39, 0.29) is 11.9 Å². The summed E-state index contributed by atoms with van der Waals surface area (Å²) in [5, 5.41) is 2.99. The van der Waals surface area contributed by atoms with E-state index in [2.05, 4.69) is 41.4 Å². The normalized spacial score (nSPS) is 18.0. The molecule has 1 aliphatic rings. The van der Waals surface area contributed by atoms with Gasteiger partial charge in [-0.2, -0.15) is 0 Å². The first-order valence-corrected chi connectivity index (χ1v) is 7.83. The summed E-state index contributed by atoms with van der Waals surface area (Å²) in [5.41, 5.74) is 7.44. The molecule has 0 aliphatic carbocycles. The fourth-order valence-electron chi connectivity index (χ4n) is 2.55. The molecule has 0 radical (unpaired) electrons. The largest absolute Gasteiger partial charge is 0.379 e. The lowest BCUT2D eigenvalue weighted by atomic mass is 10.0. The summed E-state index contributed by atoms with van der Waals surface area (Å²) >= 11 is 0. The Balaban J connectivity index is 2.11. The van der Waals surface area contributed by atoms with Crippen LogP contribution in [0.25, 0.3) is 0 Å². The highest BCUT2D eigenvalue weighted by molar-refractivity contribution is 5.85. The topological polar surface area (TPSA) is 67.6 Å². The number of benzene rings is 1. The van der Waals surface area contributed by atoms with Crippen LogP contribution in [0.15, 0.2) is 24.3 Å². The summed E-state index contributed by atoms with van der Waals surface area (Å²) < 4.78 is 5.44. The van der Waals surface area contributed by atoms with E-state index in [4.69, 9.17) is 10.5 Å². The van der Waals surface area contributed by atoms with Gasteiger partial charge in [-0.25, -0.2) is 0 Å². The second kappa shape index (κ2) is 7.22. The molecule has 1 unspecified atom stereocenters. The highest BCUT2D eigenvalue weighted by Crippen LogP contribution is 2.22. The van der Waals surface area contributed by atoms with Crippen LogP contribution in [0.2, 0.25) is 0 Å². The van der Waals surface area contributed by atoms with E-state index in [1.807, 2.05) is 0 Å². The standard InChI is InChI=1S/C17H27N3O2/c1-13-4-6-14(7-5-13)15(20-8-10-22-11-9-20)12-19-16(21)17(2,3)18/h4-7,15H,8-12,18H2,1-3H3,(H,19,21).